The predicted molar refractivity (Wildman–Crippen MR) is 60.5 cm³/mol. The van der Waals surface area contributed by atoms with Crippen molar-refractivity contribution >= 4 is 11.9 Å². The molecule has 5 nitrogen and oxygen atoms in total. The second-order valence-corrected chi connectivity index (χ2v) is 5.00. The van der Waals surface area contributed by atoms with Gasteiger partial charge in [-0.25, -0.2) is 0 Å². The fourth-order valence-corrected chi connectivity index (χ4v) is 2.76. The number of nitrogens with zero attached hydrogens (tertiary/aromatic N) is 1. The average Bonchev–Trinajstić information content (AvgIpc) is 2.85. The molecule has 0 saturated carbocycles. The minimum absolute atomic E-state index is 0.0644. The number of aliphatic carboxylic acids is 1. The third-order valence-corrected chi connectivity index (χ3v) is 3.62. The third kappa shape index (κ3) is 2.77. The SMILES string of the molecule is CC1CC(C(=O)N2CCCC2CC(=O)O)CO1. The molecule has 96 valence electrons. The number of ether oxygens (including phenoxy) is 1. The molecule has 1 amide bonds. The number of carboxylic acid groups (broad SMARTS) is 1. The average molecular weight is 241 g/mol. The maximum absolute atomic E-state index is 12.2. The van der Waals surface area contributed by atoms with Crippen LogP contribution in [0.4, 0.5) is 0 Å². The number of carbonyl (C=O) groups excluding carboxylic acids is 1. The van der Waals surface area contributed by atoms with Crippen LogP contribution in [0.5, 0.6) is 0 Å². The van der Waals surface area contributed by atoms with Gasteiger partial charge in [0, 0.05) is 12.6 Å². The van der Waals surface area contributed by atoms with Gasteiger partial charge in [0.1, 0.15) is 0 Å². The molecule has 2 aliphatic heterocycles. The van der Waals surface area contributed by atoms with E-state index in [9.17, 15) is 9.59 Å². The number of hydrogen-bond donors (Lipinski definition) is 1. The molecule has 3 atom stereocenters. The van der Waals surface area contributed by atoms with Crippen LogP contribution >= 0.6 is 0 Å². The van der Waals surface area contributed by atoms with E-state index in [0.717, 1.165) is 19.3 Å². The summed E-state index contributed by atoms with van der Waals surface area (Å²) in [5, 5.41) is 8.82. The Kier molecular flexibility index (Phi) is 3.66. The van der Waals surface area contributed by atoms with Crippen molar-refractivity contribution in [1.29, 1.82) is 0 Å². The maximum atomic E-state index is 12.2. The van der Waals surface area contributed by atoms with Crippen LogP contribution in [-0.2, 0) is 14.3 Å². The van der Waals surface area contributed by atoms with Crippen LogP contribution in [-0.4, -0.2) is 47.2 Å². The van der Waals surface area contributed by atoms with Crippen molar-refractivity contribution in [3.63, 3.8) is 0 Å². The van der Waals surface area contributed by atoms with E-state index < -0.39 is 5.97 Å². The molecular weight excluding hydrogens is 222 g/mol. The molecule has 2 heterocycles. The van der Waals surface area contributed by atoms with Gasteiger partial charge in [-0.05, 0) is 26.2 Å². The van der Waals surface area contributed by atoms with Gasteiger partial charge < -0.3 is 14.7 Å². The first kappa shape index (κ1) is 12.4. The van der Waals surface area contributed by atoms with E-state index in [2.05, 4.69) is 0 Å². The zero-order chi connectivity index (χ0) is 12.4. The molecule has 0 radical (unpaired) electrons. The highest BCUT2D eigenvalue weighted by molar-refractivity contribution is 5.80. The molecule has 0 aromatic rings. The molecule has 2 fully saturated rings. The number of hydrogen-bond acceptors (Lipinski definition) is 3. The minimum Gasteiger partial charge on any atom is -0.481 e. The monoisotopic (exact) mass is 241 g/mol. The van der Waals surface area contributed by atoms with Crippen LogP contribution in [0.1, 0.15) is 32.6 Å². The van der Waals surface area contributed by atoms with Gasteiger partial charge in [-0.2, -0.15) is 0 Å². The lowest BCUT2D eigenvalue weighted by Crippen LogP contribution is -2.40. The van der Waals surface area contributed by atoms with Crippen molar-refractivity contribution in [3.8, 4) is 0 Å². The standard InChI is InChI=1S/C12H19NO4/c1-8-5-9(7-17-8)12(16)13-4-2-3-10(13)6-11(14)15/h8-10H,2-7H2,1H3,(H,14,15). The van der Waals surface area contributed by atoms with Crippen LogP contribution in [0.15, 0.2) is 0 Å². The molecule has 2 rings (SSSR count). The van der Waals surface area contributed by atoms with E-state index in [-0.39, 0.29) is 30.4 Å². The number of amides is 1. The van der Waals surface area contributed by atoms with Crippen molar-refractivity contribution in [2.45, 2.75) is 44.8 Å². The lowest BCUT2D eigenvalue weighted by molar-refractivity contribution is -0.141. The Hall–Kier alpha value is -1.10. The highest BCUT2D eigenvalue weighted by Crippen LogP contribution is 2.27. The lowest BCUT2D eigenvalue weighted by atomic mass is 10.0. The van der Waals surface area contributed by atoms with E-state index in [1.807, 2.05) is 6.92 Å². The Labute approximate surface area is 101 Å². The number of carbonyl (C=O) groups is 2. The van der Waals surface area contributed by atoms with Crippen LogP contribution in [0, 0.1) is 5.92 Å². The van der Waals surface area contributed by atoms with Crippen LogP contribution in [0.3, 0.4) is 0 Å². The van der Waals surface area contributed by atoms with Gasteiger partial charge in [-0.1, -0.05) is 0 Å². The van der Waals surface area contributed by atoms with Gasteiger partial charge >= 0.3 is 5.97 Å². The van der Waals surface area contributed by atoms with Gasteiger partial charge in [0.25, 0.3) is 0 Å². The van der Waals surface area contributed by atoms with Crippen LogP contribution in [0.2, 0.25) is 0 Å². The summed E-state index contributed by atoms with van der Waals surface area (Å²) < 4.78 is 5.40. The maximum Gasteiger partial charge on any atom is 0.305 e. The normalized spacial score (nSPS) is 33.0. The van der Waals surface area contributed by atoms with Gasteiger partial charge in [0.05, 0.1) is 25.0 Å². The second kappa shape index (κ2) is 5.04. The first-order chi connectivity index (χ1) is 8.08. The molecule has 5 heteroatoms. The van der Waals surface area contributed by atoms with Crippen molar-refractivity contribution in [3.05, 3.63) is 0 Å². The molecule has 1 N–H and O–H groups in total. The summed E-state index contributed by atoms with van der Waals surface area (Å²) in [5.74, 6) is -0.816. The van der Waals surface area contributed by atoms with E-state index >= 15 is 0 Å². The lowest BCUT2D eigenvalue weighted by Gasteiger charge is -2.25. The molecular formula is C12H19NO4. The zero-order valence-electron chi connectivity index (χ0n) is 10.1. The fourth-order valence-electron chi connectivity index (χ4n) is 2.76. The van der Waals surface area contributed by atoms with E-state index in [1.54, 1.807) is 4.90 Å². The number of likely N-dealkylation sites (tertiary alicyclic amines) is 1. The second-order valence-electron chi connectivity index (χ2n) is 5.00. The Bertz CT molecular complexity index is 318. The predicted octanol–water partition coefficient (Wildman–Crippen LogP) is 0.877. The summed E-state index contributed by atoms with van der Waals surface area (Å²) in [4.78, 5) is 24.7. The zero-order valence-corrected chi connectivity index (χ0v) is 10.1. The number of rotatable bonds is 3. The Morgan fingerprint density at radius 3 is 2.82 bits per heavy atom. The van der Waals surface area contributed by atoms with E-state index in [0.29, 0.717) is 13.2 Å². The van der Waals surface area contributed by atoms with Crippen LogP contribution in [0.25, 0.3) is 0 Å². The third-order valence-electron chi connectivity index (χ3n) is 3.62. The summed E-state index contributed by atoms with van der Waals surface area (Å²) in [5.41, 5.74) is 0. The van der Waals surface area contributed by atoms with Crippen molar-refractivity contribution in [2.24, 2.45) is 5.92 Å². The summed E-state index contributed by atoms with van der Waals surface area (Å²) in [6, 6.07) is -0.115. The molecule has 0 aromatic heterocycles. The summed E-state index contributed by atoms with van der Waals surface area (Å²) in [6.45, 7) is 3.14. The molecule has 0 spiro atoms. The van der Waals surface area contributed by atoms with Crippen LogP contribution < -0.4 is 0 Å². The Morgan fingerprint density at radius 2 is 2.24 bits per heavy atom. The number of carboxylic acids is 1. The van der Waals surface area contributed by atoms with Gasteiger partial charge in [-0.15, -0.1) is 0 Å². The quantitative estimate of drug-likeness (QED) is 0.796. The topological polar surface area (TPSA) is 66.8 Å². The molecule has 2 saturated heterocycles. The van der Waals surface area contributed by atoms with Gasteiger partial charge in [-0.3, -0.25) is 9.59 Å². The Morgan fingerprint density at radius 1 is 1.47 bits per heavy atom. The molecule has 2 aliphatic rings. The van der Waals surface area contributed by atoms with E-state index in [4.69, 9.17) is 9.84 Å². The first-order valence-electron chi connectivity index (χ1n) is 6.22. The molecule has 17 heavy (non-hydrogen) atoms. The van der Waals surface area contributed by atoms with Gasteiger partial charge in [0.15, 0.2) is 0 Å². The molecule has 0 aliphatic carbocycles. The molecule has 0 aromatic carbocycles. The molecule has 0 bridgehead atoms. The summed E-state index contributed by atoms with van der Waals surface area (Å²) in [6.07, 6.45) is 2.68. The highest BCUT2D eigenvalue weighted by Gasteiger charge is 2.37. The first-order valence-corrected chi connectivity index (χ1v) is 6.22. The fraction of sp³-hybridized carbons (Fsp3) is 0.833. The van der Waals surface area contributed by atoms with E-state index in [1.165, 1.54) is 0 Å². The van der Waals surface area contributed by atoms with Gasteiger partial charge in [0.2, 0.25) is 5.91 Å². The molecule has 3 unspecified atom stereocenters. The largest absolute Gasteiger partial charge is 0.481 e. The smallest absolute Gasteiger partial charge is 0.305 e. The summed E-state index contributed by atoms with van der Waals surface area (Å²) >= 11 is 0. The van der Waals surface area contributed by atoms with Crippen molar-refractivity contribution < 1.29 is 19.4 Å². The minimum atomic E-state index is -0.828. The Balaban J connectivity index is 1.95. The van der Waals surface area contributed by atoms with Crippen molar-refractivity contribution in [2.75, 3.05) is 13.2 Å². The van der Waals surface area contributed by atoms with Crippen molar-refractivity contribution in [1.82, 2.24) is 4.90 Å². The summed E-state index contributed by atoms with van der Waals surface area (Å²) in [7, 11) is 0. The highest BCUT2D eigenvalue weighted by atomic mass is 16.5.